The van der Waals surface area contributed by atoms with Gasteiger partial charge < -0.3 is 19.9 Å². The van der Waals surface area contributed by atoms with E-state index in [-0.39, 0.29) is 23.9 Å². The van der Waals surface area contributed by atoms with Gasteiger partial charge in [0.05, 0.1) is 24.8 Å². The number of aliphatic hydroxyl groups excluding tert-OH is 1. The van der Waals surface area contributed by atoms with Crippen LogP contribution in [0.3, 0.4) is 0 Å². The Hall–Kier alpha value is -1.27. The van der Waals surface area contributed by atoms with Crippen molar-refractivity contribution < 1.29 is 23.4 Å². The molecule has 0 fully saturated rings. The van der Waals surface area contributed by atoms with Crippen molar-refractivity contribution in [3.05, 3.63) is 18.2 Å². The summed E-state index contributed by atoms with van der Waals surface area (Å²) < 4.78 is 33.9. The summed E-state index contributed by atoms with van der Waals surface area (Å²) in [5.41, 5.74) is 0.304. The van der Waals surface area contributed by atoms with Gasteiger partial charge in [-0.2, -0.15) is 8.78 Å². The topological polar surface area (TPSA) is 50.7 Å². The summed E-state index contributed by atoms with van der Waals surface area (Å²) in [5.74, 6) is 0.125. The lowest BCUT2D eigenvalue weighted by Gasteiger charge is -2.16. The second kappa shape index (κ2) is 7.23. The minimum absolute atomic E-state index is 0.0437. The average Bonchev–Trinajstić information content (AvgIpc) is 2.36. The monoisotopic (exact) mass is 281 g/mol. The average molecular weight is 282 g/mol. The lowest BCUT2D eigenvalue weighted by molar-refractivity contribution is -0.0507. The van der Waals surface area contributed by atoms with Crippen LogP contribution in [0.25, 0.3) is 0 Å². The molecule has 0 aromatic heterocycles. The molecule has 1 unspecified atom stereocenters. The lowest BCUT2D eigenvalue weighted by Crippen LogP contribution is -2.21. The largest absolute Gasteiger partial charge is 0.493 e. The number of nitrogens with one attached hydrogen (secondary N) is 1. The maximum Gasteiger partial charge on any atom is 0.387 e. The Bertz CT molecular complexity index is 379. The first kappa shape index (κ1) is 14.8. The first-order valence-electron chi connectivity index (χ1n) is 5.18. The third-order valence-corrected chi connectivity index (χ3v) is 2.47. The molecule has 0 saturated carbocycles. The second-order valence-electron chi connectivity index (χ2n) is 3.40. The van der Waals surface area contributed by atoms with Crippen LogP contribution in [0.1, 0.15) is 0 Å². The summed E-state index contributed by atoms with van der Waals surface area (Å²) in [4.78, 5) is 0. The summed E-state index contributed by atoms with van der Waals surface area (Å²) in [7, 11) is 1.35. The molecule has 0 heterocycles. The van der Waals surface area contributed by atoms with Crippen LogP contribution in [0.4, 0.5) is 14.5 Å². The molecule has 1 atom stereocenters. The Morgan fingerprint density at radius 3 is 2.72 bits per heavy atom. The molecule has 1 aromatic rings. The molecule has 2 N–H and O–H groups in total. The van der Waals surface area contributed by atoms with Gasteiger partial charge in [0.25, 0.3) is 0 Å². The molecule has 0 aliphatic heterocycles. The van der Waals surface area contributed by atoms with Crippen LogP contribution >= 0.6 is 11.6 Å². The van der Waals surface area contributed by atoms with Crippen molar-refractivity contribution >= 4 is 17.3 Å². The van der Waals surface area contributed by atoms with Gasteiger partial charge in [0.15, 0.2) is 11.5 Å². The van der Waals surface area contributed by atoms with Crippen LogP contribution in [0.15, 0.2) is 18.2 Å². The Morgan fingerprint density at radius 1 is 1.44 bits per heavy atom. The van der Waals surface area contributed by atoms with E-state index in [0.717, 1.165) is 0 Å². The van der Waals surface area contributed by atoms with Crippen molar-refractivity contribution in [2.24, 2.45) is 0 Å². The van der Waals surface area contributed by atoms with Crippen molar-refractivity contribution in [2.45, 2.75) is 12.7 Å². The van der Waals surface area contributed by atoms with Gasteiger partial charge in [-0.1, -0.05) is 6.07 Å². The van der Waals surface area contributed by atoms with Crippen LogP contribution in [0.5, 0.6) is 11.5 Å². The number of aliphatic hydroxyl groups is 1. The third kappa shape index (κ3) is 4.19. The number of alkyl halides is 3. The molecular formula is C11H14ClF2NO3. The Balaban J connectivity index is 2.87. The maximum atomic E-state index is 12.3. The molecule has 0 saturated heterocycles. The summed E-state index contributed by atoms with van der Waals surface area (Å²) in [5, 5.41) is 12.1. The number of hydrogen-bond donors (Lipinski definition) is 2. The number of anilines is 1. The molecule has 4 nitrogen and oxygen atoms in total. The number of hydrogen-bond acceptors (Lipinski definition) is 4. The zero-order chi connectivity index (χ0) is 13.5. The zero-order valence-corrected chi connectivity index (χ0v) is 10.5. The number of ether oxygens (including phenoxy) is 2. The van der Waals surface area contributed by atoms with E-state index >= 15 is 0 Å². The van der Waals surface area contributed by atoms with Gasteiger partial charge in [-0.15, -0.1) is 11.6 Å². The highest BCUT2D eigenvalue weighted by Gasteiger charge is 2.15. The summed E-state index contributed by atoms with van der Waals surface area (Å²) >= 11 is 5.43. The first-order valence-corrected chi connectivity index (χ1v) is 5.71. The van der Waals surface area contributed by atoms with Crippen molar-refractivity contribution in [2.75, 3.05) is 24.9 Å². The Morgan fingerprint density at radius 2 is 2.17 bits per heavy atom. The highest BCUT2D eigenvalue weighted by Crippen LogP contribution is 2.36. The van der Waals surface area contributed by atoms with Gasteiger partial charge in [0.2, 0.25) is 0 Å². The van der Waals surface area contributed by atoms with Crippen molar-refractivity contribution in [3.8, 4) is 11.5 Å². The predicted octanol–water partition coefficient (Wildman–Crippen LogP) is 2.31. The fourth-order valence-electron chi connectivity index (χ4n) is 1.31. The molecule has 0 aliphatic rings. The maximum absolute atomic E-state index is 12.3. The van der Waals surface area contributed by atoms with E-state index in [0.29, 0.717) is 5.69 Å². The molecule has 0 amide bonds. The van der Waals surface area contributed by atoms with Gasteiger partial charge in [-0.3, -0.25) is 0 Å². The SMILES string of the molecule is COc1cccc(NCC(O)CCl)c1OC(F)F. The van der Waals surface area contributed by atoms with Crippen LogP contribution in [-0.4, -0.2) is 37.4 Å². The van der Waals surface area contributed by atoms with Gasteiger partial charge in [0.1, 0.15) is 0 Å². The number of methoxy groups -OCH3 is 1. The van der Waals surface area contributed by atoms with Gasteiger partial charge in [-0.25, -0.2) is 0 Å². The molecule has 1 rings (SSSR count). The Labute approximate surface area is 108 Å². The summed E-state index contributed by atoms with van der Waals surface area (Å²) in [6.07, 6.45) is -0.780. The molecule has 102 valence electrons. The molecule has 0 radical (unpaired) electrons. The summed E-state index contributed by atoms with van der Waals surface area (Å²) in [6, 6.07) is 4.66. The number of rotatable bonds is 7. The van der Waals surface area contributed by atoms with E-state index in [1.165, 1.54) is 13.2 Å². The van der Waals surface area contributed by atoms with E-state index in [4.69, 9.17) is 16.3 Å². The molecule has 0 spiro atoms. The second-order valence-corrected chi connectivity index (χ2v) is 3.71. The van der Waals surface area contributed by atoms with E-state index in [9.17, 15) is 13.9 Å². The Kier molecular flexibility index (Phi) is 5.94. The van der Waals surface area contributed by atoms with Crippen LogP contribution < -0.4 is 14.8 Å². The van der Waals surface area contributed by atoms with E-state index in [1.807, 2.05) is 0 Å². The first-order chi connectivity index (χ1) is 8.58. The molecule has 1 aromatic carbocycles. The minimum atomic E-state index is -2.96. The van der Waals surface area contributed by atoms with E-state index < -0.39 is 12.7 Å². The molecule has 0 aliphatic carbocycles. The standard InChI is InChI=1S/C11H14ClF2NO3/c1-17-9-4-2-3-8(10(9)18-11(13)14)15-6-7(16)5-12/h2-4,7,11,15-16H,5-6H2,1H3. The highest BCUT2D eigenvalue weighted by molar-refractivity contribution is 6.18. The summed E-state index contributed by atoms with van der Waals surface area (Å²) in [6.45, 7) is -2.84. The third-order valence-electron chi connectivity index (χ3n) is 2.11. The molecule has 0 bridgehead atoms. The highest BCUT2D eigenvalue weighted by atomic mass is 35.5. The molecule has 18 heavy (non-hydrogen) atoms. The minimum Gasteiger partial charge on any atom is -0.493 e. The van der Waals surface area contributed by atoms with Crippen molar-refractivity contribution in [3.63, 3.8) is 0 Å². The van der Waals surface area contributed by atoms with Gasteiger partial charge >= 0.3 is 6.61 Å². The molecule has 7 heteroatoms. The quantitative estimate of drug-likeness (QED) is 0.753. The smallest absolute Gasteiger partial charge is 0.387 e. The fourth-order valence-corrected chi connectivity index (χ4v) is 1.42. The molecular weight excluding hydrogens is 268 g/mol. The number of benzene rings is 1. The van der Waals surface area contributed by atoms with E-state index in [1.54, 1.807) is 12.1 Å². The van der Waals surface area contributed by atoms with E-state index in [2.05, 4.69) is 10.1 Å². The van der Waals surface area contributed by atoms with Gasteiger partial charge in [0, 0.05) is 6.54 Å². The van der Waals surface area contributed by atoms with Crippen molar-refractivity contribution in [1.29, 1.82) is 0 Å². The van der Waals surface area contributed by atoms with Crippen molar-refractivity contribution in [1.82, 2.24) is 0 Å². The number of halogens is 3. The fraction of sp³-hybridized carbons (Fsp3) is 0.455. The van der Waals surface area contributed by atoms with Crippen LogP contribution in [0.2, 0.25) is 0 Å². The van der Waals surface area contributed by atoms with Crippen LogP contribution in [0, 0.1) is 0 Å². The van der Waals surface area contributed by atoms with Crippen LogP contribution in [-0.2, 0) is 0 Å². The predicted molar refractivity (Wildman–Crippen MR) is 64.8 cm³/mol. The normalized spacial score (nSPS) is 12.3. The lowest BCUT2D eigenvalue weighted by atomic mass is 10.2. The zero-order valence-electron chi connectivity index (χ0n) is 9.70. The van der Waals surface area contributed by atoms with Gasteiger partial charge in [-0.05, 0) is 12.1 Å². The number of para-hydroxylation sites is 1.